The number of aliphatic carboxylic acids is 2. The minimum absolute atomic E-state index is 0.159. The van der Waals surface area contributed by atoms with Crippen LogP contribution in [0.4, 0.5) is 26.3 Å². The number of likely N-dealkylation sites (N-methyl/N-ethyl adjacent to an activating group) is 1. The van der Waals surface area contributed by atoms with Crippen molar-refractivity contribution in [2.45, 2.75) is 56.1 Å². The van der Waals surface area contributed by atoms with Crippen LogP contribution in [0, 0.1) is 13.8 Å². The van der Waals surface area contributed by atoms with E-state index >= 15 is 0 Å². The highest BCUT2D eigenvalue weighted by atomic mass is 32.2. The van der Waals surface area contributed by atoms with E-state index in [9.17, 15) is 34.8 Å². The van der Waals surface area contributed by atoms with E-state index in [1.54, 1.807) is 25.4 Å². The molecule has 1 aromatic carbocycles. The maximum atomic E-state index is 12.8. The number of ether oxygens (including phenoxy) is 1. The lowest BCUT2D eigenvalue weighted by molar-refractivity contribution is -0.193. The molecule has 2 aliphatic heterocycles. The Balaban J connectivity index is 0.000000367. The van der Waals surface area contributed by atoms with Crippen LogP contribution in [-0.4, -0.2) is 89.4 Å². The maximum absolute atomic E-state index is 12.8. The number of hydrogen-bond acceptors (Lipinski definition) is 7. The van der Waals surface area contributed by atoms with Crippen molar-refractivity contribution in [1.29, 1.82) is 0 Å². The Hall–Kier alpha value is -3.44. The fourth-order valence-electron chi connectivity index (χ4n) is 4.34. The second kappa shape index (κ2) is 13.2. The molecule has 2 aromatic rings. The number of alkyl halides is 6. The lowest BCUT2D eigenvalue weighted by atomic mass is 9.90. The van der Waals surface area contributed by atoms with E-state index in [1.807, 2.05) is 0 Å². The van der Waals surface area contributed by atoms with E-state index in [2.05, 4.69) is 41.9 Å². The molecule has 0 aliphatic carbocycles. The van der Waals surface area contributed by atoms with Crippen LogP contribution in [0.2, 0.25) is 0 Å². The van der Waals surface area contributed by atoms with Crippen molar-refractivity contribution in [3.8, 4) is 5.88 Å². The van der Waals surface area contributed by atoms with Gasteiger partial charge in [-0.2, -0.15) is 30.6 Å². The van der Waals surface area contributed by atoms with Gasteiger partial charge in [-0.3, -0.25) is 4.90 Å². The monoisotopic (exact) mass is 629 g/mol. The molecular formula is C25H29F6N3O7S. The third-order valence-corrected chi connectivity index (χ3v) is 8.00. The lowest BCUT2D eigenvalue weighted by Gasteiger charge is -2.41. The molecule has 1 saturated heterocycles. The average Bonchev–Trinajstić information content (AvgIpc) is 2.92. The van der Waals surface area contributed by atoms with Gasteiger partial charge >= 0.3 is 24.3 Å². The Labute approximate surface area is 237 Å². The fourth-order valence-corrected chi connectivity index (χ4v) is 5.65. The number of likely N-dealkylation sites (tertiary alicyclic amines) is 1. The number of aromatic nitrogens is 1. The number of pyridine rings is 1. The number of rotatable bonds is 2. The van der Waals surface area contributed by atoms with E-state index in [4.69, 9.17) is 24.5 Å². The number of benzene rings is 1. The molecule has 1 aromatic heterocycles. The van der Waals surface area contributed by atoms with Gasteiger partial charge in [0.15, 0.2) is 0 Å². The van der Waals surface area contributed by atoms with Gasteiger partial charge < -0.3 is 14.9 Å². The highest BCUT2D eigenvalue weighted by molar-refractivity contribution is 7.89. The van der Waals surface area contributed by atoms with Crippen LogP contribution >= 0.6 is 0 Å². The molecule has 17 heteroatoms. The first kappa shape index (κ1) is 34.8. The maximum Gasteiger partial charge on any atom is 0.490 e. The van der Waals surface area contributed by atoms with Crippen LogP contribution in [-0.2, 0) is 26.2 Å². The predicted octanol–water partition coefficient (Wildman–Crippen LogP) is 4.01. The number of aryl methyl sites for hydroxylation is 2. The summed E-state index contributed by atoms with van der Waals surface area (Å²) < 4.78 is 96.8. The zero-order valence-electron chi connectivity index (χ0n) is 22.7. The molecule has 0 radical (unpaired) electrons. The lowest BCUT2D eigenvalue weighted by Crippen LogP contribution is -2.53. The molecule has 2 aliphatic rings. The van der Waals surface area contributed by atoms with Gasteiger partial charge in [-0.15, -0.1) is 0 Å². The molecule has 3 heterocycles. The number of nitrogens with zero attached hydrogens (tertiary/aromatic N) is 3. The summed E-state index contributed by atoms with van der Waals surface area (Å²) in [6.07, 6.45) is -7.04. The number of carboxylic acids is 2. The van der Waals surface area contributed by atoms with Crippen LogP contribution in [0.1, 0.15) is 29.5 Å². The first-order valence-electron chi connectivity index (χ1n) is 12.2. The van der Waals surface area contributed by atoms with Crippen molar-refractivity contribution >= 4 is 22.0 Å². The van der Waals surface area contributed by atoms with Crippen molar-refractivity contribution in [3.63, 3.8) is 0 Å². The van der Waals surface area contributed by atoms with Gasteiger partial charge in [-0.25, -0.2) is 23.0 Å². The molecule has 0 amide bonds. The molecular weight excluding hydrogens is 600 g/mol. The van der Waals surface area contributed by atoms with E-state index in [0.717, 1.165) is 32.5 Å². The Morgan fingerprint density at radius 3 is 1.90 bits per heavy atom. The summed E-state index contributed by atoms with van der Waals surface area (Å²) in [5.41, 5.74) is 3.36. The SMILES string of the molecule is Cc1cc(C)cc(CN2CCC3(CC2)CN(C)S(=O)(=O)c2cccnc2O3)c1.O=C(O)C(F)(F)F.O=C(O)C(F)(F)F. The topological polar surface area (TPSA) is 137 Å². The number of hydrogen-bond donors (Lipinski definition) is 2. The molecule has 0 saturated carbocycles. The normalized spacial score (nSPS) is 18.2. The molecule has 2 N–H and O–H groups in total. The molecule has 0 unspecified atom stereocenters. The van der Waals surface area contributed by atoms with Gasteiger partial charge in [0.1, 0.15) is 10.5 Å². The second-order valence-corrected chi connectivity index (χ2v) is 11.7. The summed E-state index contributed by atoms with van der Waals surface area (Å²) in [5.74, 6) is -5.28. The molecule has 1 fully saturated rings. The molecule has 42 heavy (non-hydrogen) atoms. The van der Waals surface area contributed by atoms with Crippen LogP contribution in [0.25, 0.3) is 0 Å². The van der Waals surface area contributed by atoms with Crippen LogP contribution in [0.15, 0.2) is 41.4 Å². The van der Waals surface area contributed by atoms with Crippen molar-refractivity contribution in [1.82, 2.24) is 14.2 Å². The molecule has 4 rings (SSSR count). The molecule has 234 valence electrons. The number of fused-ring (bicyclic) bond motifs is 1. The second-order valence-electron chi connectivity index (χ2n) is 9.73. The van der Waals surface area contributed by atoms with Crippen LogP contribution < -0.4 is 4.74 Å². The third kappa shape index (κ3) is 9.55. The van der Waals surface area contributed by atoms with E-state index in [-0.39, 0.29) is 10.8 Å². The standard InChI is InChI=1S/C21H27N3O3S.2C2HF3O2/c1-16-11-17(2)13-18(12-16)14-24-9-6-21(7-10-24)15-23(3)28(25,26)19-5-4-8-22-20(19)27-21;2*3-2(4,5)1(6)7/h4-5,8,11-13H,6-7,9-10,14-15H2,1-3H3;2*(H,6,7). The Kier molecular flexibility index (Phi) is 11.0. The van der Waals surface area contributed by atoms with E-state index in [1.165, 1.54) is 21.0 Å². The number of sulfonamides is 1. The Bertz CT molecular complexity index is 1330. The summed E-state index contributed by atoms with van der Waals surface area (Å²) in [4.78, 5) is 24.6. The highest BCUT2D eigenvalue weighted by Crippen LogP contribution is 2.37. The minimum Gasteiger partial charge on any atom is -0.475 e. The van der Waals surface area contributed by atoms with Gasteiger partial charge in [-0.1, -0.05) is 29.3 Å². The Morgan fingerprint density at radius 2 is 1.45 bits per heavy atom. The van der Waals surface area contributed by atoms with E-state index in [0.29, 0.717) is 6.54 Å². The highest BCUT2D eigenvalue weighted by Gasteiger charge is 2.45. The smallest absolute Gasteiger partial charge is 0.475 e. The van der Waals surface area contributed by atoms with Crippen molar-refractivity contribution in [3.05, 3.63) is 53.2 Å². The molecule has 0 bridgehead atoms. The zero-order valence-corrected chi connectivity index (χ0v) is 23.5. The number of piperidine rings is 1. The summed E-state index contributed by atoms with van der Waals surface area (Å²) in [5, 5.41) is 14.2. The summed E-state index contributed by atoms with van der Waals surface area (Å²) in [6.45, 7) is 7.24. The first-order chi connectivity index (χ1) is 19.2. The predicted molar refractivity (Wildman–Crippen MR) is 135 cm³/mol. The quantitative estimate of drug-likeness (QED) is 0.472. The van der Waals surface area contributed by atoms with Crippen molar-refractivity contribution in [2.75, 3.05) is 26.7 Å². The Morgan fingerprint density at radius 1 is 0.976 bits per heavy atom. The van der Waals surface area contributed by atoms with Crippen LogP contribution in [0.5, 0.6) is 5.88 Å². The minimum atomic E-state index is -5.08. The number of carboxylic acid groups (broad SMARTS) is 2. The molecule has 0 atom stereocenters. The van der Waals surface area contributed by atoms with Gasteiger partial charge in [-0.05, 0) is 31.5 Å². The fraction of sp³-hybridized carbons (Fsp3) is 0.480. The van der Waals surface area contributed by atoms with Crippen molar-refractivity contribution in [2.24, 2.45) is 0 Å². The van der Waals surface area contributed by atoms with Crippen LogP contribution in [0.3, 0.4) is 0 Å². The number of halogens is 6. The van der Waals surface area contributed by atoms with Gasteiger partial charge in [0.25, 0.3) is 0 Å². The largest absolute Gasteiger partial charge is 0.490 e. The zero-order chi connectivity index (χ0) is 32.1. The first-order valence-corrected chi connectivity index (χ1v) is 13.6. The summed E-state index contributed by atoms with van der Waals surface area (Å²) >= 11 is 0. The van der Waals surface area contributed by atoms with E-state index < -0.39 is 39.9 Å². The molecule has 1 spiro atoms. The van der Waals surface area contributed by atoms with Gasteiger partial charge in [0, 0.05) is 45.7 Å². The van der Waals surface area contributed by atoms with Gasteiger partial charge in [0.2, 0.25) is 15.9 Å². The summed E-state index contributed by atoms with van der Waals surface area (Å²) in [6, 6.07) is 9.87. The van der Waals surface area contributed by atoms with Gasteiger partial charge in [0.05, 0.1) is 6.54 Å². The third-order valence-electron chi connectivity index (χ3n) is 6.19. The van der Waals surface area contributed by atoms with Crippen molar-refractivity contribution < 1.29 is 59.3 Å². The summed E-state index contributed by atoms with van der Waals surface area (Å²) in [7, 11) is -1.94. The average molecular weight is 630 g/mol. The number of carbonyl (C=O) groups is 2. The molecule has 10 nitrogen and oxygen atoms in total.